The number of hydrogen-bond acceptors (Lipinski definition) is 4. The van der Waals surface area contributed by atoms with Gasteiger partial charge in [-0.25, -0.2) is 9.37 Å². The van der Waals surface area contributed by atoms with Crippen LogP contribution in [0.3, 0.4) is 0 Å². The summed E-state index contributed by atoms with van der Waals surface area (Å²) < 4.78 is 13.7. The number of halogens is 1. The molecule has 0 aliphatic carbocycles. The van der Waals surface area contributed by atoms with Crippen LogP contribution in [0.1, 0.15) is 26.6 Å². The smallest absolute Gasteiger partial charge is 0.275 e. The molecule has 0 spiro atoms. The molecule has 120 valence electrons. The van der Waals surface area contributed by atoms with Crippen molar-refractivity contribution < 1.29 is 14.0 Å². The van der Waals surface area contributed by atoms with E-state index in [-0.39, 0.29) is 11.6 Å². The molecule has 0 unspecified atom stereocenters. The van der Waals surface area contributed by atoms with Gasteiger partial charge in [-0.05, 0) is 30.0 Å². The Morgan fingerprint density at radius 2 is 1.78 bits per heavy atom. The van der Waals surface area contributed by atoms with Gasteiger partial charge in [0.2, 0.25) is 0 Å². The average Bonchev–Trinajstić information content (AvgIpc) is 2.98. The highest BCUT2D eigenvalue weighted by molar-refractivity contribution is 7.12. The summed E-state index contributed by atoms with van der Waals surface area (Å²) >= 11 is 1.41. The van der Waals surface area contributed by atoms with Crippen LogP contribution in [-0.4, -0.2) is 52.8 Å². The van der Waals surface area contributed by atoms with Crippen molar-refractivity contribution in [2.75, 3.05) is 26.2 Å². The van der Waals surface area contributed by atoms with E-state index in [1.54, 1.807) is 15.9 Å². The minimum atomic E-state index is -0.617. The molecular formula is C16H16FN3O2S. The van der Waals surface area contributed by atoms with Gasteiger partial charge in [0.05, 0.1) is 4.88 Å². The fourth-order valence-corrected chi connectivity index (χ4v) is 3.26. The number of carbonyl (C=O) groups excluding carboxylic acids is 2. The minimum Gasteiger partial charge on any atom is -0.336 e. The summed E-state index contributed by atoms with van der Waals surface area (Å²) in [5.41, 5.74) is -0.162. The number of thiophene rings is 1. The summed E-state index contributed by atoms with van der Waals surface area (Å²) in [4.78, 5) is 32.6. The highest BCUT2D eigenvalue weighted by Crippen LogP contribution is 2.15. The van der Waals surface area contributed by atoms with Crippen LogP contribution in [0.4, 0.5) is 4.39 Å². The normalized spacial score (nSPS) is 15.3. The van der Waals surface area contributed by atoms with Gasteiger partial charge in [-0.1, -0.05) is 6.07 Å². The van der Waals surface area contributed by atoms with Crippen LogP contribution < -0.4 is 0 Å². The molecule has 0 saturated carbocycles. The Hall–Kier alpha value is -2.28. The van der Waals surface area contributed by atoms with E-state index in [1.165, 1.54) is 29.7 Å². The average molecular weight is 333 g/mol. The maximum absolute atomic E-state index is 13.7. The van der Waals surface area contributed by atoms with Crippen LogP contribution in [0.2, 0.25) is 0 Å². The first-order valence-corrected chi connectivity index (χ1v) is 8.27. The molecule has 0 radical (unpaired) electrons. The molecule has 1 fully saturated rings. The third kappa shape index (κ3) is 3.39. The zero-order valence-corrected chi connectivity index (χ0v) is 13.3. The number of aromatic nitrogens is 1. The number of rotatable bonds is 2. The van der Waals surface area contributed by atoms with E-state index in [1.807, 2.05) is 11.4 Å². The van der Waals surface area contributed by atoms with Crippen molar-refractivity contribution in [3.63, 3.8) is 0 Å². The van der Waals surface area contributed by atoms with E-state index >= 15 is 0 Å². The molecule has 2 aromatic heterocycles. The van der Waals surface area contributed by atoms with Crippen molar-refractivity contribution in [1.82, 2.24) is 14.8 Å². The van der Waals surface area contributed by atoms with Crippen LogP contribution in [0.15, 0.2) is 35.8 Å². The van der Waals surface area contributed by atoms with Crippen LogP contribution in [0.25, 0.3) is 0 Å². The lowest BCUT2D eigenvalue weighted by molar-refractivity contribution is 0.0714. The van der Waals surface area contributed by atoms with Crippen LogP contribution in [0.5, 0.6) is 0 Å². The molecule has 0 N–H and O–H groups in total. The van der Waals surface area contributed by atoms with Gasteiger partial charge in [0, 0.05) is 32.4 Å². The lowest BCUT2D eigenvalue weighted by Crippen LogP contribution is -2.37. The highest BCUT2D eigenvalue weighted by atomic mass is 32.1. The lowest BCUT2D eigenvalue weighted by atomic mass is 10.3. The molecule has 1 saturated heterocycles. The summed E-state index contributed by atoms with van der Waals surface area (Å²) in [5, 5.41) is 1.87. The molecule has 0 aromatic carbocycles. The lowest BCUT2D eigenvalue weighted by Gasteiger charge is -2.21. The zero-order chi connectivity index (χ0) is 16.2. The van der Waals surface area contributed by atoms with Crippen molar-refractivity contribution >= 4 is 23.2 Å². The van der Waals surface area contributed by atoms with Gasteiger partial charge < -0.3 is 9.80 Å². The Kier molecular flexibility index (Phi) is 4.66. The van der Waals surface area contributed by atoms with Crippen molar-refractivity contribution in [2.45, 2.75) is 6.42 Å². The first-order valence-electron chi connectivity index (χ1n) is 7.39. The van der Waals surface area contributed by atoms with E-state index in [2.05, 4.69) is 4.98 Å². The predicted molar refractivity (Wildman–Crippen MR) is 84.9 cm³/mol. The van der Waals surface area contributed by atoms with Crippen molar-refractivity contribution in [3.05, 3.63) is 52.2 Å². The van der Waals surface area contributed by atoms with Crippen molar-refractivity contribution in [1.29, 1.82) is 0 Å². The Balaban J connectivity index is 1.68. The zero-order valence-electron chi connectivity index (χ0n) is 12.4. The molecule has 2 amide bonds. The second-order valence-electron chi connectivity index (χ2n) is 5.25. The van der Waals surface area contributed by atoms with E-state index in [9.17, 15) is 14.0 Å². The summed E-state index contributed by atoms with van der Waals surface area (Å²) in [6.45, 7) is 1.90. The quantitative estimate of drug-likeness (QED) is 0.847. The standard InChI is InChI=1S/C16H16FN3O2S/c17-12-4-1-6-18-14(12)16(22)20-8-3-7-19(9-10-20)15(21)13-5-2-11-23-13/h1-2,4-6,11H,3,7-10H2. The largest absolute Gasteiger partial charge is 0.336 e. The maximum atomic E-state index is 13.7. The molecule has 1 aliphatic rings. The van der Waals surface area contributed by atoms with Gasteiger partial charge in [-0.3, -0.25) is 9.59 Å². The molecule has 1 aliphatic heterocycles. The highest BCUT2D eigenvalue weighted by Gasteiger charge is 2.25. The minimum absolute atomic E-state index is 0.0154. The Morgan fingerprint density at radius 1 is 1.04 bits per heavy atom. The number of amides is 2. The molecule has 0 atom stereocenters. The van der Waals surface area contributed by atoms with Gasteiger partial charge in [0.1, 0.15) is 0 Å². The van der Waals surface area contributed by atoms with E-state index < -0.39 is 11.7 Å². The second kappa shape index (κ2) is 6.87. The number of hydrogen-bond donors (Lipinski definition) is 0. The maximum Gasteiger partial charge on any atom is 0.275 e. The van der Waals surface area contributed by atoms with E-state index in [0.29, 0.717) is 37.5 Å². The first kappa shape index (κ1) is 15.6. The number of pyridine rings is 1. The van der Waals surface area contributed by atoms with Crippen molar-refractivity contribution in [3.8, 4) is 0 Å². The Bertz CT molecular complexity index is 705. The molecule has 5 nitrogen and oxygen atoms in total. The fourth-order valence-electron chi connectivity index (χ4n) is 2.57. The van der Waals surface area contributed by atoms with E-state index in [0.717, 1.165) is 0 Å². The topological polar surface area (TPSA) is 53.5 Å². The van der Waals surface area contributed by atoms with Gasteiger partial charge in [0.25, 0.3) is 11.8 Å². The number of nitrogens with zero attached hydrogens (tertiary/aromatic N) is 3. The van der Waals surface area contributed by atoms with E-state index in [4.69, 9.17) is 0 Å². The molecular weight excluding hydrogens is 317 g/mol. The molecule has 0 bridgehead atoms. The second-order valence-corrected chi connectivity index (χ2v) is 6.20. The van der Waals surface area contributed by atoms with Crippen molar-refractivity contribution in [2.24, 2.45) is 0 Å². The van der Waals surface area contributed by atoms with Gasteiger partial charge in [-0.2, -0.15) is 0 Å². The van der Waals surface area contributed by atoms with Crippen LogP contribution in [0, 0.1) is 5.82 Å². The Labute approximate surface area is 137 Å². The fraction of sp³-hybridized carbons (Fsp3) is 0.312. The van der Waals surface area contributed by atoms with Gasteiger partial charge >= 0.3 is 0 Å². The predicted octanol–water partition coefficient (Wildman–Crippen LogP) is 2.27. The SMILES string of the molecule is O=C(c1cccs1)N1CCCN(C(=O)c2ncccc2F)CC1. The summed E-state index contributed by atoms with van der Waals surface area (Å²) in [5.74, 6) is -1.06. The summed E-state index contributed by atoms with van der Waals surface area (Å²) in [6.07, 6.45) is 2.07. The van der Waals surface area contributed by atoms with Crippen LogP contribution >= 0.6 is 11.3 Å². The first-order chi connectivity index (χ1) is 11.2. The third-order valence-electron chi connectivity index (χ3n) is 3.76. The molecule has 3 heterocycles. The molecule has 7 heteroatoms. The molecule has 3 rings (SSSR count). The summed E-state index contributed by atoms with van der Waals surface area (Å²) in [6, 6.07) is 6.32. The van der Waals surface area contributed by atoms with Gasteiger partial charge in [-0.15, -0.1) is 11.3 Å². The number of carbonyl (C=O) groups is 2. The monoisotopic (exact) mass is 333 g/mol. The Morgan fingerprint density at radius 3 is 2.43 bits per heavy atom. The summed E-state index contributed by atoms with van der Waals surface area (Å²) in [7, 11) is 0. The molecule has 23 heavy (non-hydrogen) atoms. The third-order valence-corrected chi connectivity index (χ3v) is 4.62. The van der Waals surface area contributed by atoms with Crippen LogP contribution in [-0.2, 0) is 0 Å². The van der Waals surface area contributed by atoms with Gasteiger partial charge in [0.15, 0.2) is 11.5 Å². The molecule has 2 aromatic rings.